The number of hydrogen-bond donors (Lipinski definition) is 1. The van der Waals surface area contributed by atoms with Crippen molar-refractivity contribution in [2.75, 3.05) is 6.61 Å². The average Bonchev–Trinajstić information content (AvgIpc) is 2.81. The summed E-state index contributed by atoms with van der Waals surface area (Å²) < 4.78 is 79.7. The third-order valence-corrected chi connectivity index (χ3v) is 13.0. The van der Waals surface area contributed by atoms with Gasteiger partial charge in [0.25, 0.3) is 0 Å². The largest absolute Gasteiger partial charge is 0.490 e. The molecule has 0 spiro atoms. The fourth-order valence-corrected chi connectivity index (χ4v) is 11.1. The monoisotopic (exact) mass is 543 g/mol. The van der Waals surface area contributed by atoms with Crippen molar-refractivity contribution >= 4 is 37.0 Å². The van der Waals surface area contributed by atoms with E-state index in [-0.39, 0.29) is 46.4 Å². The molecule has 2 heterocycles. The first-order valence-corrected chi connectivity index (χ1v) is 15.4. The molecule has 1 aliphatic carbocycles. The Morgan fingerprint density at radius 2 is 1.89 bits per heavy atom. The second kappa shape index (κ2) is 8.71. The Kier molecular flexibility index (Phi) is 6.22. The van der Waals surface area contributed by atoms with Gasteiger partial charge in [-0.25, -0.2) is 21.9 Å². The summed E-state index contributed by atoms with van der Waals surface area (Å²) in [4.78, 5) is -0.00306. The molecule has 2 aliphatic heterocycles. The number of rotatable bonds is 4. The van der Waals surface area contributed by atoms with E-state index in [0.717, 1.165) is 18.6 Å². The van der Waals surface area contributed by atoms with Gasteiger partial charge < -0.3 is 4.74 Å². The molecular weight excluding hydrogens is 516 g/mol. The van der Waals surface area contributed by atoms with Crippen LogP contribution in [0.1, 0.15) is 44.6 Å². The highest BCUT2D eigenvalue weighted by Crippen LogP contribution is 2.59. The molecule has 190 valence electrons. The number of sulfone groups is 1. The smallest absolute Gasteiger partial charge is 0.188 e. The first kappa shape index (κ1) is 25.0. The molecular formula is C25H28ClF2NO4S2. The Morgan fingerprint density at radius 3 is 2.57 bits per heavy atom. The maximum atomic E-state index is 15.5. The van der Waals surface area contributed by atoms with E-state index < -0.39 is 41.8 Å². The molecule has 1 unspecified atom stereocenters. The van der Waals surface area contributed by atoms with Crippen molar-refractivity contribution in [2.24, 2.45) is 11.8 Å². The lowest BCUT2D eigenvalue weighted by atomic mass is 9.64. The van der Waals surface area contributed by atoms with Crippen molar-refractivity contribution in [1.29, 1.82) is 0 Å². The first-order chi connectivity index (χ1) is 16.5. The molecule has 10 heteroatoms. The van der Waals surface area contributed by atoms with Crippen molar-refractivity contribution in [2.45, 2.75) is 60.0 Å². The van der Waals surface area contributed by atoms with Crippen molar-refractivity contribution in [3.05, 3.63) is 58.6 Å². The fourth-order valence-electron chi connectivity index (χ4n) is 6.41. The van der Waals surface area contributed by atoms with Gasteiger partial charge >= 0.3 is 0 Å². The minimum absolute atomic E-state index is 0.00306. The third-order valence-electron chi connectivity index (χ3n) is 7.99. The van der Waals surface area contributed by atoms with Gasteiger partial charge in [-0.2, -0.15) is 0 Å². The summed E-state index contributed by atoms with van der Waals surface area (Å²) in [5.74, 6) is 1.07. The molecule has 5 nitrogen and oxygen atoms in total. The minimum Gasteiger partial charge on any atom is -0.490 e. The van der Waals surface area contributed by atoms with Gasteiger partial charge in [0, 0.05) is 31.9 Å². The fraction of sp³-hybridized carbons (Fsp3) is 0.480. The lowest BCUT2D eigenvalue weighted by molar-refractivity contribution is 0.0499. The summed E-state index contributed by atoms with van der Waals surface area (Å²) in [5, 5.41) is 0.122. The number of benzene rings is 2. The summed E-state index contributed by atoms with van der Waals surface area (Å²) >= 11 is 6.01. The SMILES string of the molecule is C=S1(=O)N[C@@H]2CC[C@@]3(S(=O)(=O)c4ccc(Cl)cc4)c4c(F)ccc(F)c4OC[C@H]3[C@@H]2C[C@H]1CCC. The molecule has 3 aliphatic rings. The molecule has 1 saturated heterocycles. The molecule has 0 amide bonds. The highest BCUT2D eigenvalue weighted by molar-refractivity contribution is 7.99. The van der Waals surface area contributed by atoms with E-state index in [4.69, 9.17) is 16.3 Å². The lowest BCUT2D eigenvalue weighted by Gasteiger charge is -2.55. The second-order valence-electron chi connectivity index (χ2n) is 9.80. The predicted octanol–water partition coefficient (Wildman–Crippen LogP) is 4.87. The van der Waals surface area contributed by atoms with Crippen LogP contribution in [0.4, 0.5) is 8.78 Å². The number of ether oxygens (including phenoxy) is 1. The summed E-state index contributed by atoms with van der Waals surface area (Å²) in [5.41, 5.74) is -0.241. The first-order valence-electron chi connectivity index (χ1n) is 11.8. The molecule has 1 N–H and O–H groups in total. The zero-order chi connectivity index (χ0) is 25.2. The van der Waals surface area contributed by atoms with Gasteiger partial charge in [0.15, 0.2) is 21.4 Å². The van der Waals surface area contributed by atoms with E-state index in [1.807, 2.05) is 6.92 Å². The molecule has 0 bridgehead atoms. The van der Waals surface area contributed by atoms with E-state index in [9.17, 15) is 17.0 Å². The number of hydrogen-bond acceptors (Lipinski definition) is 4. The van der Waals surface area contributed by atoms with E-state index in [2.05, 4.69) is 10.6 Å². The Balaban J connectivity index is 1.73. The van der Waals surface area contributed by atoms with E-state index in [0.29, 0.717) is 24.3 Å². The molecule has 35 heavy (non-hydrogen) atoms. The second-order valence-corrected chi connectivity index (χ2v) is 14.8. The Morgan fingerprint density at radius 1 is 1.20 bits per heavy atom. The normalized spacial score (nSPS) is 34.3. The van der Waals surface area contributed by atoms with Crippen molar-refractivity contribution < 1.29 is 26.1 Å². The van der Waals surface area contributed by atoms with Gasteiger partial charge in [0.2, 0.25) is 0 Å². The van der Waals surface area contributed by atoms with Crippen LogP contribution >= 0.6 is 11.6 Å². The maximum Gasteiger partial charge on any atom is 0.188 e. The average molecular weight is 544 g/mol. The van der Waals surface area contributed by atoms with Crippen LogP contribution in [0, 0.1) is 23.5 Å². The van der Waals surface area contributed by atoms with Crippen molar-refractivity contribution in [3.63, 3.8) is 0 Å². The topological polar surface area (TPSA) is 72.5 Å². The maximum absolute atomic E-state index is 15.5. The minimum atomic E-state index is -4.22. The summed E-state index contributed by atoms with van der Waals surface area (Å²) in [6.45, 7) is 1.91. The van der Waals surface area contributed by atoms with Crippen molar-refractivity contribution in [1.82, 2.24) is 4.72 Å². The molecule has 0 radical (unpaired) electrons. The predicted molar refractivity (Wildman–Crippen MR) is 134 cm³/mol. The third kappa shape index (κ3) is 3.72. The van der Waals surface area contributed by atoms with Gasteiger partial charge in [-0.1, -0.05) is 24.9 Å². The van der Waals surface area contributed by atoms with E-state index in [1.54, 1.807) is 0 Å². The Labute approximate surface area is 210 Å². The van der Waals surface area contributed by atoms with Crippen LogP contribution in [0.15, 0.2) is 41.3 Å². The molecule has 2 aromatic carbocycles. The molecule has 2 fully saturated rings. The van der Waals surface area contributed by atoms with Gasteiger partial charge in [0.1, 0.15) is 10.6 Å². The number of fused-ring (bicyclic) bond motifs is 5. The van der Waals surface area contributed by atoms with Gasteiger partial charge in [-0.15, -0.1) is 0 Å². The summed E-state index contributed by atoms with van der Waals surface area (Å²) in [6.07, 6.45) is 2.30. The van der Waals surface area contributed by atoms with Crippen LogP contribution < -0.4 is 9.46 Å². The number of halogens is 3. The standard InChI is InChI=1S/C25H28ClF2NO4S2/c1-3-4-17-13-18-19-14-33-24-21(28)10-9-20(27)23(24)25(19,12-11-22(18)29-34(17,2)30)35(31,32)16-7-5-15(26)6-8-16/h5-10,17-19,22H,2-4,11-14H2,1H3,(H,29,30)/t17-,18+,19+,22-,25+,34?/m1/s1. The van der Waals surface area contributed by atoms with Gasteiger partial charge in [-0.3, -0.25) is 4.21 Å². The van der Waals surface area contributed by atoms with Gasteiger partial charge in [-0.05, 0) is 73.9 Å². The summed E-state index contributed by atoms with van der Waals surface area (Å²) in [7, 11) is -6.79. The lowest BCUT2D eigenvalue weighted by Crippen LogP contribution is -2.63. The van der Waals surface area contributed by atoms with Crippen LogP contribution in [-0.4, -0.2) is 36.4 Å². The zero-order valence-electron chi connectivity index (χ0n) is 19.3. The highest BCUT2D eigenvalue weighted by Gasteiger charge is 2.63. The molecule has 5 rings (SSSR count). The van der Waals surface area contributed by atoms with Crippen LogP contribution in [0.25, 0.3) is 0 Å². The van der Waals surface area contributed by atoms with Crippen LogP contribution in [0.3, 0.4) is 0 Å². The van der Waals surface area contributed by atoms with E-state index >= 15 is 4.39 Å². The van der Waals surface area contributed by atoms with Crippen molar-refractivity contribution in [3.8, 4) is 5.75 Å². The van der Waals surface area contributed by atoms with Crippen LogP contribution in [0.2, 0.25) is 5.02 Å². The zero-order valence-corrected chi connectivity index (χ0v) is 21.7. The quantitative estimate of drug-likeness (QED) is 0.559. The molecule has 2 aromatic rings. The Hall–Kier alpha value is -1.68. The molecule has 6 atom stereocenters. The van der Waals surface area contributed by atoms with Crippen LogP contribution in [-0.2, 0) is 24.3 Å². The van der Waals surface area contributed by atoms with E-state index in [1.165, 1.54) is 24.3 Å². The number of nitrogens with one attached hydrogen (secondary N) is 1. The molecule has 0 aromatic heterocycles. The Bertz CT molecular complexity index is 1360. The highest BCUT2D eigenvalue weighted by atomic mass is 35.5. The van der Waals surface area contributed by atoms with Gasteiger partial charge in [0.05, 0.1) is 17.1 Å². The molecule has 1 saturated carbocycles. The van der Waals surface area contributed by atoms with Crippen LogP contribution in [0.5, 0.6) is 5.75 Å². The summed E-state index contributed by atoms with van der Waals surface area (Å²) in [6, 6.07) is 7.44.